The summed E-state index contributed by atoms with van der Waals surface area (Å²) in [7, 11) is 5.21. The Morgan fingerprint density at radius 3 is 3.00 bits per heavy atom. The summed E-state index contributed by atoms with van der Waals surface area (Å²) in [6.07, 6.45) is 4.57. The van der Waals surface area contributed by atoms with Crippen LogP contribution in [0.5, 0.6) is 5.75 Å². The fourth-order valence-electron chi connectivity index (χ4n) is 3.56. The maximum absolute atomic E-state index is 12.6. The average molecular weight is 368 g/mol. The van der Waals surface area contributed by atoms with Crippen LogP contribution in [0.25, 0.3) is 0 Å². The molecule has 0 radical (unpaired) electrons. The second-order valence-electron chi connectivity index (χ2n) is 7.12. The Bertz CT molecular complexity index is 826. The molecule has 0 fully saturated rings. The zero-order valence-electron chi connectivity index (χ0n) is 16.4. The van der Waals surface area contributed by atoms with Gasteiger partial charge in [-0.1, -0.05) is 18.2 Å². The number of rotatable bonds is 7. The van der Waals surface area contributed by atoms with Crippen LogP contribution in [0, 0.1) is 0 Å². The third kappa shape index (κ3) is 4.22. The van der Waals surface area contributed by atoms with E-state index in [1.807, 2.05) is 29.0 Å². The Morgan fingerprint density at radius 2 is 2.30 bits per heavy atom. The topological polar surface area (TPSA) is 59.4 Å². The van der Waals surface area contributed by atoms with Gasteiger partial charge in [-0.05, 0) is 37.0 Å². The molecule has 1 aromatic heterocycles. The van der Waals surface area contributed by atoms with Crippen LogP contribution < -0.4 is 10.1 Å². The minimum Gasteiger partial charge on any atom is -0.497 e. The summed E-state index contributed by atoms with van der Waals surface area (Å²) in [6.45, 7) is 5.21. The lowest BCUT2D eigenvalue weighted by Gasteiger charge is -2.25. The third-order valence-electron chi connectivity index (χ3n) is 4.99. The zero-order chi connectivity index (χ0) is 19.4. The molecule has 1 amide bonds. The molecule has 2 aromatic rings. The first-order valence-electron chi connectivity index (χ1n) is 9.31. The largest absolute Gasteiger partial charge is 0.497 e. The van der Waals surface area contributed by atoms with Crippen molar-refractivity contribution in [2.45, 2.75) is 38.4 Å². The second-order valence-corrected chi connectivity index (χ2v) is 7.12. The average Bonchev–Trinajstić information content (AvgIpc) is 3.04. The number of fused-ring (bicyclic) bond motifs is 1. The monoisotopic (exact) mass is 368 g/mol. The van der Waals surface area contributed by atoms with Crippen LogP contribution in [0.15, 0.2) is 36.9 Å². The number of carbonyl (C=O) groups is 1. The highest BCUT2D eigenvalue weighted by molar-refractivity contribution is 5.93. The molecule has 6 heteroatoms. The third-order valence-corrected chi connectivity index (χ3v) is 4.99. The molecule has 1 heterocycles. The number of carbonyl (C=O) groups excluding carboxylic acids is 1. The van der Waals surface area contributed by atoms with E-state index >= 15 is 0 Å². The summed E-state index contributed by atoms with van der Waals surface area (Å²) in [5.41, 5.74) is 4.00. The Kier molecular flexibility index (Phi) is 5.96. The molecule has 0 saturated carbocycles. The van der Waals surface area contributed by atoms with E-state index in [0.717, 1.165) is 37.1 Å². The van der Waals surface area contributed by atoms with Gasteiger partial charge in [0.05, 0.1) is 13.7 Å². The van der Waals surface area contributed by atoms with Crippen LogP contribution in [0.2, 0.25) is 0 Å². The molecule has 3 rings (SSSR count). The lowest BCUT2D eigenvalue weighted by atomic mass is 9.91. The van der Waals surface area contributed by atoms with Gasteiger partial charge in [0.1, 0.15) is 5.75 Å². The van der Waals surface area contributed by atoms with Crippen molar-refractivity contribution in [3.05, 3.63) is 59.4 Å². The van der Waals surface area contributed by atoms with Crippen molar-refractivity contribution in [1.29, 1.82) is 0 Å². The van der Waals surface area contributed by atoms with Gasteiger partial charge in [-0.15, -0.1) is 6.58 Å². The van der Waals surface area contributed by atoms with E-state index in [4.69, 9.17) is 4.74 Å². The fourth-order valence-corrected chi connectivity index (χ4v) is 3.56. The van der Waals surface area contributed by atoms with E-state index < -0.39 is 0 Å². The minimum atomic E-state index is -0.0393. The number of benzene rings is 1. The van der Waals surface area contributed by atoms with Gasteiger partial charge < -0.3 is 15.0 Å². The van der Waals surface area contributed by atoms with Crippen molar-refractivity contribution < 1.29 is 9.53 Å². The van der Waals surface area contributed by atoms with Crippen molar-refractivity contribution in [3.8, 4) is 5.75 Å². The van der Waals surface area contributed by atoms with E-state index in [2.05, 4.69) is 23.1 Å². The Labute approximate surface area is 160 Å². The molecule has 27 heavy (non-hydrogen) atoms. The number of amides is 1. The van der Waals surface area contributed by atoms with Crippen LogP contribution in [0.4, 0.5) is 0 Å². The van der Waals surface area contributed by atoms with Gasteiger partial charge in [0.15, 0.2) is 5.69 Å². The van der Waals surface area contributed by atoms with Crippen molar-refractivity contribution >= 4 is 5.91 Å². The van der Waals surface area contributed by atoms with Crippen molar-refractivity contribution in [2.75, 3.05) is 21.2 Å². The summed E-state index contributed by atoms with van der Waals surface area (Å²) in [5.74, 6) is 0.826. The molecule has 1 atom stereocenters. The Morgan fingerprint density at radius 1 is 1.48 bits per heavy atom. The van der Waals surface area contributed by atoms with Gasteiger partial charge in [0.25, 0.3) is 5.91 Å². The zero-order valence-corrected chi connectivity index (χ0v) is 16.4. The molecule has 0 aliphatic heterocycles. The predicted octanol–water partition coefficient (Wildman–Crippen LogP) is 2.43. The SMILES string of the molecule is C=CCn1nc(C(=O)N(C)C)c2c1CC[C@@H](NCc1cccc(OC)c1)C2. The van der Waals surface area contributed by atoms with Gasteiger partial charge in [0, 0.05) is 37.9 Å². The molecule has 0 bridgehead atoms. The number of hydrogen-bond donors (Lipinski definition) is 1. The van der Waals surface area contributed by atoms with Crippen molar-refractivity contribution in [2.24, 2.45) is 0 Å². The number of nitrogens with one attached hydrogen (secondary N) is 1. The van der Waals surface area contributed by atoms with Gasteiger partial charge in [-0.2, -0.15) is 5.10 Å². The normalized spacial score (nSPS) is 15.9. The first kappa shape index (κ1) is 19.2. The van der Waals surface area contributed by atoms with E-state index in [-0.39, 0.29) is 5.91 Å². The molecule has 144 valence electrons. The Balaban J connectivity index is 1.76. The van der Waals surface area contributed by atoms with Gasteiger partial charge >= 0.3 is 0 Å². The first-order valence-corrected chi connectivity index (χ1v) is 9.31. The van der Waals surface area contributed by atoms with Crippen LogP contribution in [-0.4, -0.2) is 47.8 Å². The summed E-state index contributed by atoms with van der Waals surface area (Å²) >= 11 is 0. The highest BCUT2D eigenvalue weighted by Gasteiger charge is 2.29. The van der Waals surface area contributed by atoms with Gasteiger partial charge in [-0.3, -0.25) is 9.48 Å². The maximum Gasteiger partial charge on any atom is 0.274 e. The lowest BCUT2D eigenvalue weighted by Crippen LogP contribution is -2.35. The second kappa shape index (κ2) is 8.39. The number of hydrogen-bond acceptors (Lipinski definition) is 4. The van der Waals surface area contributed by atoms with E-state index in [9.17, 15) is 4.79 Å². The molecule has 6 nitrogen and oxygen atoms in total. The Hall–Kier alpha value is -2.60. The minimum absolute atomic E-state index is 0.0393. The van der Waals surface area contributed by atoms with Crippen LogP contribution in [-0.2, 0) is 25.9 Å². The smallest absolute Gasteiger partial charge is 0.274 e. The van der Waals surface area contributed by atoms with E-state index in [1.54, 1.807) is 26.1 Å². The van der Waals surface area contributed by atoms with E-state index in [0.29, 0.717) is 18.3 Å². The van der Waals surface area contributed by atoms with Crippen LogP contribution in [0.1, 0.15) is 33.7 Å². The number of ether oxygens (including phenoxy) is 1. The summed E-state index contributed by atoms with van der Waals surface area (Å²) in [6, 6.07) is 8.40. The molecule has 0 unspecified atom stereocenters. The molecule has 1 aliphatic rings. The quantitative estimate of drug-likeness (QED) is 0.763. The highest BCUT2D eigenvalue weighted by Crippen LogP contribution is 2.26. The van der Waals surface area contributed by atoms with E-state index in [1.165, 1.54) is 11.3 Å². The lowest BCUT2D eigenvalue weighted by molar-refractivity contribution is 0.0820. The number of nitrogens with zero attached hydrogens (tertiary/aromatic N) is 3. The van der Waals surface area contributed by atoms with Crippen molar-refractivity contribution in [3.63, 3.8) is 0 Å². The van der Waals surface area contributed by atoms with Gasteiger partial charge in [-0.25, -0.2) is 0 Å². The molecular weight excluding hydrogens is 340 g/mol. The molecule has 1 aromatic carbocycles. The van der Waals surface area contributed by atoms with Crippen LogP contribution in [0.3, 0.4) is 0 Å². The summed E-state index contributed by atoms with van der Waals surface area (Å²) in [4.78, 5) is 14.2. The number of aromatic nitrogens is 2. The summed E-state index contributed by atoms with van der Waals surface area (Å²) < 4.78 is 7.22. The van der Waals surface area contributed by atoms with Crippen LogP contribution >= 0.6 is 0 Å². The fraction of sp³-hybridized carbons (Fsp3) is 0.429. The molecule has 1 N–H and O–H groups in total. The predicted molar refractivity (Wildman–Crippen MR) is 106 cm³/mol. The molecule has 1 aliphatic carbocycles. The number of allylic oxidation sites excluding steroid dienone is 1. The summed E-state index contributed by atoms with van der Waals surface area (Å²) in [5, 5.41) is 8.22. The standard InChI is InChI=1S/C21H28N4O2/c1-5-11-25-19-10-9-16(13-18(19)20(23-25)21(26)24(2)3)22-14-15-7-6-8-17(12-15)27-4/h5-8,12,16,22H,1,9-11,13-14H2,2-4H3/t16-/m1/s1. The van der Waals surface area contributed by atoms with Crippen molar-refractivity contribution in [1.82, 2.24) is 20.0 Å². The maximum atomic E-state index is 12.6. The first-order chi connectivity index (χ1) is 13.0. The highest BCUT2D eigenvalue weighted by atomic mass is 16.5. The molecule has 0 spiro atoms. The number of methoxy groups -OCH3 is 1. The van der Waals surface area contributed by atoms with Gasteiger partial charge in [0.2, 0.25) is 0 Å². The molecular formula is C21H28N4O2. The molecule has 0 saturated heterocycles.